The molecule has 1 atom stereocenters. The highest BCUT2D eigenvalue weighted by molar-refractivity contribution is 5.76. The van der Waals surface area contributed by atoms with Gasteiger partial charge in [0.15, 0.2) is 0 Å². The number of anilines is 3. The van der Waals surface area contributed by atoms with E-state index in [1.807, 2.05) is 43.5 Å². The van der Waals surface area contributed by atoms with Gasteiger partial charge in [-0.25, -0.2) is 9.97 Å². The summed E-state index contributed by atoms with van der Waals surface area (Å²) in [5, 5.41) is 13.1. The molecule has 3 aromatic rings. The van der Waals surface area contributed by atoms with Crippen molar-refractivity contribution in [2.24, 2.45) is 5.92 Å². The molecule has 3 aromatic heterocycles. The fourth-order valence-corrected chi connectivity index (χ4v) is 3.45. The molecule has 0 amide bonds. The molecule has 134 valence electrons. The summed E-state index contributed by atoms with van der Waals surface area (Å²) >= 11 is 0. The van der Waals surface area contributed by atoms with E-state index >= 15 is 0 Å². The van der Waals surface area contributed by atoms with Crippen molar-refractivity contribution < 1.29 is 5.11 Å². The Morgan fingerprint density at radius 1 is 1.08 bits per heavy atom. The van der Waals surface area contributed by atoms with E-state index in [-0.39, 0.29) is 6.10 Å². The van der Waals surface area contributed by atoms with Gasteiger partial charge in [0.1, 0.15) is 11.6 Å². The van der Waals surface area contributed by atoms with Gasteiger partial charge in [-0.3, -0.25) is 4.98 Å². The quantitative estimate of drug-likeness (QED) is 0.752. The highest BCUT2D eigenvalue weighted by Gasteiger charge is 2.23. The summed E-state index contributed by atoms with van der Waals surface area (Å²) in [5.41, 5.74) is 2.71. The monoisotopic (exact) mass is 349 g/mol. The number of nitrogens with zero attached hydrogens (tertiary/aromatic N) is 4. The van der Waals surface area contributed by atoms with Crippen LogP contribution in [-0.4, -0.2) is 39.3 Å². The van der Waals surface area contributed by atoms with Crippen LogP contribution in [0.3, 0.4) is 0 Å². The van der Waals surface area contributed by atoms with Gasteiger partial charge in [0.25, 0.3) is 0 Å². The van der Waals surface area contributed by atoms with Gasteiger partial charge < -0.3 is 15.3 Å². The number of piperidine rings is 1. The van der Waals surface area contributed by atoms with Gasteiger partial charge in [0, 0.05) is 37.2 Å². The average molecular weight is 349 g/mol. The van der Waals surface area contributed by atoms with Crippen molar-refractivity contribution in [1.82, 2.24) is 15.0 Å². The van der Waals surface area contributed by atoms with Gasteiger partial charge in [-0.05, 0) is 56.0 Å². The summed E-state index contributed by atoms with van der Waals surface area (Å²) in [6.07, 6.45) is 5.35. The topological polar surface area (TPSA) is 74.2 Å². The first-order valence-corrected chi connectivity index (χ1v) is 9.07. The van der Waals surface area contributed by atoms with Crippen molar-refractivity contribution in [3.63, 3.8) is 0 Å². The Labute approximate surface area is 152 Å². The third kappa shape index (κ3) is 3.60. The van der Waals surface area contributed by atoms with Crippen LogP contribution in [0.5, 0.6) is 0 Å². The predicted molar refractivity (Wildman–Crippen MR) is 104 cm³/mol. The second-order valence-corrected chi connectivity index (χ2v) is 6.83. The third-order valence-electron chi connectivity index (χ3n) is 5.02. The Hall–Kier alpha value is -2.73. The summed E-state index contributed by atoms with van der Waals surface area (Å²) in [4.78, 5) is 15.7. The van der Waals surface area contributed by atoms with E-state index < -0.39 is 0 Å². The lowest BCUT2D eigenvalue weighted by Crippen LogP contribution is -2.37. The van der Waals surface area contributed by atoms with Crippen molar-refractivity contribution in [3.8, 4) is 0 Å². The molecule has 1 aliphatic heterocycles. The minimum absolute atomic E-state index is 0.230. The molecule has 0 bridgehead atoms. The SMILES string of the molecule is CC(O)C1CCN(c2cc(Nc3ccc4ncccc4n3)ccn2)CC1. The van der Waals surface area contributed by atoms with Crippen LogP contribution in [0.4, 0.5) is 17.3 Å². The molecular weight excluding hydrogens is 326 g/mol. The van der Waals surface area contributed by atoms with Crippen LogP contribution in [0, 0.1) is 5.92 Å². The zero-order valence-corrected chi connectivity index (χ0v) is 14.8. The second kappa shape index (κ2) is 7.25. The predicted octanol–water partition coefficient (Wildman–Crippen LogP) is 3.37. The number of hydrogen-bond donors (Lipinski definition) is 2. The Kier molecular flexibility index (Phi) is 4.67. The first-order valence-electron chi connectivity index (χ1n) is 9.07. The molecule has 1 fully saturated rings. The standard InChI is InChI=1S/C20H23N5O/c1-14(26)15-7-11-25(12-8-15)20-13-16(6-10-22-20)23-19-5-4-17-18(24-19)3-2-9-21-17/h2-6,9-10,13-15,26H,7-8,11-12H2,1H3,(H,22,23,24). The van der Waals surface area contributed by atoms with Crippen LogP contribution in [0.25, 0.3) is 11.0 Å². The van der Waals surface area contributed by atoms with E-state index in [9.17, 15) is 5.11 Å². The Morgan fingerprint density at radius 2 is 1.92 bits per heavy atom. The summed E-state index contributed by atoms with van der Waals surface area (Å²) < 4.78 is 0. The van der Waals surface area contributed by atoms with Gasteiger partial charge >= 0.3 is 0 Å². The highest BCUT2D eigenvalue weighted by Crippen LogP contribution is 2.26. The van der Waals surface area contributed by atoms with Crippen LogP contribution in [-0.2, 0) is 0 Å². The zero-order valence-electron chi connectivity index (χ0n) is 14.8. The van der Waals surface area contributed by atoms with Gasteiger partial charge in [0.2, 0.25) is 0 Å². The Morgan fingerprint density at radius 3 is 2.73 bits per heavy atom. The van der Waals surface area contributed by atoms with E-state index in [1.54, 1.807) is 6.20 Å². The highest BCUT2D eigenvalue weighted by atomic mass is 16.3. The molecule has 0 aromatic carbocycles. The van der Waals surface area contributed by atoms with Crippen LogP contribution in [0.15, 0.2) is 48.8 Å². The molecule has 4 rings (SSSR count). The first-order chi connectivity index (χ1) is 12.7. The molecule has 1 unspecified atom stereocenters. The van der Waals surface area contributed by atoms with Gasteiger partial charge in [-0.15, -0.1) is 0 Å². The van der Waals surface area contributed by atoms with E-state index in [4.69, 9.17) is 0 Å². The van der Waals surface area contributed by atoms with E-state index in [2.05, 4.69) is 31.2 Å². The number of aromatic nitrogens is 3. The first kappa shape index (κ1) is 16.7. The lowest BCUT2D eigenvalue weighted by Gasteiger charge is -2.34. The third-order valence-corrected chi connectivity index (χ3v) is 5.02. The number of nitrogens with one attached hydrogen (secondary N) is 1. The van der Waals surface area contributed by atoms with Gasteiger partial charge in [-0.1, -0.05) is 0 Å². The summed E-state index contributed by atoms with van der Waals surface area (Å²) in [6.45, 7) is 3.73. The number of aliphatic hydroxyl groups is 1. The molecule has 0 spiro atoms. The van der Waals surface area contributed by atoms with Gasteiger partial charge in [0.05, 0.1) is 17.1 Å². The number of pyridine rings is 3. The van der Waals surface area contributed by atoms with Crippen LogP contribution >= 0.6 is 0 Å². The molecule has 6 nitrogen and oxygen atoms in total. The van der Waals surface area contributed by atoms with Crippen molar-refractivity contribution in [1.29, 1.82) is 0 Å². The van der Waals surface area contributed by atoms with Crippen molar-refractivity contribution in [2.75, 3.05) is 23.3 Å². The number of hydrogen-bond acceptors (Lipinski definition) is 6. The number of aliphatic hydroxyl groups excluding tert-OH is 1. The zero-order chi connectivity index (χ0) is 17.9. The molecule has 2 N–H and O–H groups in total. The molecule has 1 aliphatic rings. The summed E-state index contributed by atoms with van der Waals surface area (Å²) in [6, 6.07) is 11.7. The Bertz CT molecular complexity index is 890. The van der Waals surface area contributed by atoms with Crippen LogP contribution in [0.1, 0.15) is 19.8 Å². The minimum atomic E-state index is -0.230. The van der Waals surface area contributed by atoms with Crippen molar-refractivity contribution in [3.05, 3.63) is 48.8 Å². The average Bonchev–Trinajstić information content (AvgIpc) is 2.68. The smallest absolute Gasteiger partial charge is 0.131 e. The summed E-state index contributed by atoms with van der Waals surface area (Å²) in [5.74, 6) is 2.14. The molecule has 0 aliphatic carbocycles. The lowest BCUT2D eigenvalue weighted by atomic mass is 9.92. The molecular formula is C20H23N5O. The lowest BCUT2D eigenvalue weighted by molar-refractivity contribution is 0.110. The maximum absolute atomic E-state index is 9.76. The summed E-state index contributed by atoms with van der Waals surface area (Å²) in [7, 11) is 0. The van der Waals surface area contributed by atoms with E-state index in [0.29, 0.717) is 5.92 Å². The molecule has 4 heterocycles. The van der Waals surface area contributed by atoms with Crippen molar-refractivity contribution in [2.45, 2.75) is 25.9 Å². The van der Waals surface area contributed by atoms with Crippen molar-refractivity contribution >= 4 is 28.4 Å². The molecule has 26 heavy (non-hydrogen) atoms. The molecule has 6 heteroatoms. The maximum atomic E-state index is 9.76. The fraction of sp³-hybridized carbons (Fsp3) is 0.350. The molecule has 0 radical (unpaired) electrons. The van der Waals surface area contributed by atoms with E-state index in [0.717, 1.165) is 54.3 Å². The minimum Gasteiger partial charge on any atom is -0.393 e. The van der Waals surface area contributed by atoms with Crippen LogP contribution < -0.4 is 10.2 Å². The molecule has 0 saturated carbocycles. The fourth-order valence-electron chi connectivity index (χ4n) is 3.45. The van der Waals surface area contributed by atoms with Crippen LogP contribution in [0.2, 0.25) is 0 Å². The second-order valence-electron chi connectivity index (χ2n) is 6.83. The largest absolute Gasteiger partial charge is 0.393 e. The van der Waals surface area contributed by atoms with Gasteiger partial charge in [-0.2, -0.15) is 0 Å². The number of fused-ring (bicyclic) bond motifs is 1. The Balaban J connectivity index is 1.49. The maximum Gasteiger partial charge on any atom is 0.131 e. The molecule has 1 saturated heterocycles. The number of rotatable bonds is 4. The van der Waals surface area contributed by atoms with E-state index in [1.165, 1.54) is 0 Å². The normalized spacial score (nSPS) is 16.6.